The van der Waals surface area contributed by atoms with E-state index in [9.17, 15) is 4.79 Å². The highest BCUT2D eigenvalue weighted by atomic mass is 16.5. The minimum absolute atomic E-state index is 0.349. The van der Waals surface area contributed by atoms with E-state index in [1.807, 2.05) is 0 Å². The van der Waals surface area contributed by atoms with Gasteiger partial charge in [0.1, 0.15) is 11.5 Å². The van der Waals surface area contributed by atoms with Gasteiger partial charge in [0.2, 0.25) is 0 Å². The summed E-state index contributed by atoms with van der Waals surface area (Å²) in [5.41, 5.74) is 0.803. The average molecular weight is 166 g/mol. The van der Waals surface area contributed by atoms with Crippen LogP contribution in [0.3, 0.4) is 0 Å². The number of nitrogens with two attached hydrogens (primary N) is 1. The van der Waals surface area contributed by atoms with Crippen LogP contribution in [0.15, 0.2) is 29.5 Å². The molecule has 1 aromatic rings. The summed E-state index contributed by atoms with van der Waals surface area (Å²) >= 11 is 0. The predicted octanol–water partition coefficient (Wildman–Crippen LogP) is 0.858. The van der Waals surface area contributed by atoms with Crippen LogP contribution < -0.4 is 5.84 Å². The van der Waals surface area contributed by atoms with Crippen LogP contribution in [0.2, 0.25) is 0 Å². The van der Waals surface area contributed by atoms with E-state index >= 15 is 0 Å². The second-order valence-electron chi connectivity index (χ2n) is 2.12. The maximum absolute atomic E-state index is 10.3. The Labute approximate surface area is 68.7 Å². The van der Waals surface area contributed by atoms with Crippen LogP contribution in [0.4, 0.5) is 5.69 Å². The summed E-state index contributed by atoms with van der Waals surface area (Å²) in [6.07, 6.45) is 0.674. The van der Waals surface area contributed by atoms with E-state index < -0.39 is 0 Å². The number of benzene rings is 1. The van der Waals surface area contributed by atoms with Crippen molar-refractivity contribution in [3.63, 3.8) is 0 Å². The number of rotatable bonds is 2. The van der Waals surface area contributed by atoms with Crippen molar-refractivity contribution in [3.05, 3.63) is 29.8 Å². The maximum Gasteiger partial charge on any atom is 0.199 e. The molecule has 0 heterocycles. The molecule has 0 unspecified atom stereocenters. The molecule has 62 valence electrons. The molecule has 1 aromatic carbocycles. The van der Waals surface area contributed by atoms with Gasteiger partial charge in [-0.2, -0.15) is 5.84 Å². The molecule has 5 nitrogen and oxygen atoms in total. The number of carbonyl (C=O) groups is 1. The lowest BCUT2D eigenvalue weighted by atomic mass is 10.2. The van der Waals surface area contributed by atoms with Gasteiger partial charge < -0.3 is 5.21 Å². The molecule has 0 aliphatic heterocycles. The van der Waals surface area contributed by atoms with E-state index in [1.165, 1.54) is 6.07 Å². The zero-order valence-corrected chi connectivity index (χ0v) is 6.21. The van der Waals surface area contributed by atoms with Gasteiger partial charge >= 0.3 is 0 Å². The first-order valence-corrected chi connectivity index (χ1v) is 3.23. The molecule has 0 aliphatic rings. The van der Waals surface area contributed by atoms with Crippen LogP contribution in [0, 0.1) is 0 Å². The molecular formula is C7H8N3O2+. The van der Waals surface area contributed by atoms with Crippen LogP contribution in [0.1, 0.15) is 10.4 Å². The van der Waals surface area contributed by atoms with Gasteiger partial charge in [-0.25, -0.2) is 0 Å². The number of carbonyl (C=O) groups excluding carboxylic acids is 1. The third-order valence-electron chi connectivity index (χ3n) is 1.35. The predicted molar refractivity (Wildman–Crippen MR) is 40.2 cm³/mol. The quantitative estimate of drug-likeness (QED) is 0.225. The van der Waals surface area contributed by atoms with Crippen molar-refractivity contribution >= 4 is 12.0 Å². The molecule has 0 radical (unpaired) electrons. The van der Waals surface area contributed by atoms with Gasteiger partial charge in [-0.1, -0.05) is 12.1 Å². The van der Waals surface area contributed by atoms with E-state index in [-0.39, 0.29) is 0 Å². The fourth-order valence-electron chi connectivity index (χ4n) is 0.789. The highest BCUT2D eigenvalue weighted by Crippen LogP contribution is 2.10. The zero-order valence-electron chi connectivity index (χ0n) is 6.21. The molecule has 3 N–H and O–H groups in total. The van der Waals surface area contributed by atoms with Gasteiger partial charge in [0.15, 0.2) is 5.69 Å². The van der Waals surface area contributed by atoms with Crippen molar-refractivity contribution in [1.29, 1.82) is 0 Å². The molecule has 0 fully saturated rings. The largest absolute Gasteiger partial charge is 0.329 e. The van der Waals surface area contributed by atoms with Crippen LogP contribution >= 0.6 is 0 Å². The standard InChI is InChI=1S/C7H7N3O2/c8-9-10(12)7-3-1-2-6(4-7)5-11/h1-5,8,12H/p+1. The van der Waals surface area contributed by atoms with Crippen molar-refractivity contribution in [2.24, 2.45) is 11.1 Å². The zero-order chi connectivity index (χ0) is 8.97. The molecule has 0 saturated heterocycles. The Morgan fingerprint density at radius 1 is 1.58 bits per heavy atom. The monoisotopic (exact) mass is 166 g/mol. The van der Waals surface area contributed by atoms with Gasteiger partial charge in [-0.3, -0.25) is 4.79 Å². The van der Waals surface area contributed by atoms with Gasteiger partial charge in [-0.15, -0.1) is 0 Å². The summed E-state index contributed by atoms with van der Waals surface area (Å²) in [7, 11) is 0. The molecule has 0 aliphatic carbocycles. The number of aldehydes is 1. The topological polar surface area (TPSA) is 78.7 Å². The summed E-state index contributed by atoms with van der Waals surface area (Å²) in [6, 6.07) is 6.26. The molecular weight excluding hydrogens is 158 g/mol. The van der Waals surface area contributed by atoms with Gasteiger partial charge in [-0.05, 0) is 6.07 Å². The molecule has 0 saturated carbocycles. The Balaban J connectivity index is 3.10. The fourth-order valence-corrected chi connectivity index (χ4v) is 0.789. The maximum atomic E-state index is 10.3. The smallest absolute Gasteiger partial charge is 0.199 e. The molecule has 0 amide bonds. The van der Waals surface area contributed by atoms with Crippen molar-refractivity contribution in [1.82, 2.24) is 0 Å². The Bertz CT molecular complexity index is 322. The SMILES string of the molecule is NN=[N+](O)c1cccc(C=O)c1. The summed E-state index contributed by atoms with van der Waals surface area (Å²) < 4.78 is 0. The molecule has 1 rings (SSSR count). The Morgan fingerprint density at radius 3 is 2.92 bits per heavy atom. The Hall–Kier alpha value is -1.91. The average Bonchev–Trinajstić information content (AvgIpc) is 2.17. The van der Waals surface area contributed by atoms with Crippen molar-refractivity contribution < 1.29 is 14.9 Å². The number of hydrogen-bond acceptors (Lipinski definition) is 2. The molecule has 0 aromatic heterocycles. The van der Waals surface area contributed by atoms with E-state index in [1.54, 1.807) is 18.2 Å². The molecule has 0 bridgehead atoms. The lowest BCUT2D eigenvalue weighted by Crippen LogP contribution is -1.99. The van der Waals surface area contributed by atoms with Crippen LogP contribution in [-0.2, 0) is 0 Å². The molecule has 0 spiro atoms. The van der Waals surface area contributed by atoms with Crippen LogP contribution in [0.5, 0.6) is 0 Å². The fraction of sp³-hybridized carbons (Fsp3) is 0. The van der Waals surface area contributed by atoms with Crippen LogP contribution in [-0.4, -0.2) is 16.4 Å². The molecule has 12 heavy (non-hydrogen) atoms. The summed E-state index contributed by atoms with van der Waals surface area (Å²) in [5, 5.41) is 12.0. The summed E-state index contributed by atoms with van der Waals surface area (Å²) in [4.78, 5) is 10.8. The minimum Gasteiger partial charge on any atom is -0.329 e. The first-order chi connectivity index (χ1) is 5.77. The summed E-state index contributed by atoms with van der Waals surface area (Å²) in [5.74, 6) is 4.81. The lowest BCUT2D eigenvalue weighted by molar-refractivity contribution is -0.765. The van der Waals surface area contributed by atoms with Crippen molar-refractivity contribution in [2.75, 3.05) is 0 Å². The minimum atomic E-state index is 0.349. The normalized spacial score (nSPS) is 11.2. The first kappa shape index (κ1) is 8.19. The summed E-state index contributed by atoms with van der Waals surface area (Å²) in [6.45, 7) is 0. The third-order valence-corrected chi connectivity index (χ3v) is 1.35. The second kappa shape index (κ2) is 3.47. The highest BCUT2D eigenvalue weighted by molar-refractivity contribution is 5.75. The third kappa shape index (κ3) is 1.57. The van der Waals surface area contributed by atoms with E-state index in [2.05, 4.69) is 5.22 Å². The van der Waals surface area contributed by atoms with E-state index in [0.29, 0.717) is 22.4 Å². The van der Waals surface area contributed by atoms with Gasteiger partial charge in [0, 0.05) is 11.6 Å². The van der Waals surface area contributed by atoms with Crippen molar-refractivity contribution in [3.8, 4) is 0 Å². The molecule has 0 atom stereocenters. The van der Waals surface area contributed by atoms with Crippen LogP contribution in [0.25, 0.3) is 0 Å². The van der Waals surface area contributed by atoms with Gasteiger partial charge in [0.05, 0.1) is 4.86 Å². The number of hydrogen-bond donors (Lipinski definition) is 2. The second-order valence-corrected chi connectivity index (χ2v) is 2.12. The highest BCUT2D eigenvalue weighted by Gasteiger charge is 2.02. The molecule has 5 heteroatoms. The first-order valence-electron chi connectivity index (χ1n) is 3.23. The Morgan fingerprint density at radius 2 is 2.33 bits per heavy atom. The Kier molecular flexibility index (Phi) is 2.37. The number of nitrogens with zero attached hydrogens (tertiary/aromatic N) is 2. The van der Waals surface area contributed by atoms with Crippen molar-refractivity contribution in [2.45, 2.75) is 0 Å². The van der Waals surface area contributed by atoms with E-state index in [4.69, 9.17) is 11.0 Å². The van der Waals surface area contributed by atoms with E-state index in [0.717, 1.165) is 0 Å². The van der Waals surface area contributed by atoms with Gasteiger partial charge in [0.25, 0.3) is 0 Å². The lowest BCUT2D eigenvalue weighted by Gasteiger charge is -1.93.